The van der Waals surface area contributed by atoms with Crippen LogP contribution in [0, 0.1) is 3.57 Å². The van der Waals surface area contributed by atoms with Gasteiger partial charge in [0.05, 0.1) is 11.8 Å². The molecule has 4 rings (SSSR count). The Kier molecular flexibility index (Phi) is 3.58. The van der Waals surface area contributed by atoms with Crippen molar-refractivity contribution in [3.8, 4) is 0 Å². The zero-order valence-corrected chi connectivity index (χ0v) is 14.1. The number of nitrogens with zero attached hydrogens (tertiary/aromatic N) is 2. The molecule has 0 saturated heterocycles. The molecule has 0 radical (unpaired) electrons. The molecule has 2 nitrogen and oxygen atoms in total. The van der Waals surface area contributed by atoms with E-state index < -0.39 is 0 Å². The van der Waals surface area contributed by atoms with Crippen LogP contribution in [0.3, 0.4) is 0 Å². The molecule has 0 aromatic heterocycles. The van der Waals surface area contributed by atoms with Gasteiger partial charge in [-0.15, -0.1) is 0 Å². The monoisotopic (exact) mass is 398 g/mol. The number of halogens is 1. The molecule has 1 aliphatic carbocycles. The highest BCUT2D eigenvalue weighted by atomic mass is 127. The summed E-state index contributed by atoms with van der Waals surface area (Å²) in [6.07, 6.45) is 8.55. The molecule has 2 aromatic rings. The zero-order valence-electron chi connectivity index (χ0n) is 11.9. The van der Waals surface area contributed by atoms with Gasteiger partial charge in [0.15, 0.2) is 0 Å². The van der Waals surface area contributed by atoms with Crippen LogP contribution < -0.4 is 4.90 Å². The highest BCUT2D eigenvalue weighted by molar-refractivity contribution is 14.1. The Morgan fingerprint density at radius 2 is 1.68 bits per heavy atom. The molecule has 2 unspecified atom stereocenters. The number of hydrogen-bond acceptors (Lipinski definition) is 2. The topological polar surface area (TPSA) is 15.6 Å². The van der Waals surface area contributed by atoms with E-state index in [4.69, 9.17) is 4.99 Å². The molecule has 0 N–H and O–H groups in total. The van der Waals surface area contributed by atoms with Crippen LogP contribution in [-0.4, -0.2) is 11.8 Å². The second-order valence-corrected chi connectivity index (χ2v) is 6.66. The van der Waals surface area contributed by atoms with Crippen LogP contribution >= 0.6 is 22.6 Å². The fourth-order valence-electron chi connectivity index (χ4n) is 3.01. The number of anilines is 1. The van der Waals surface area contributed by atoms with Gasteiger partial charge in [-0.2, -0.15) is 0 Å². The van der Waals surface area contributed by atoms with E-state index in [0.717, 1.165) is 5.71 Å². The third-order valence-electron chi connectivity index (χ3n) is 4.03. The van der Waals surface area contributed by atoms with Crippen LogP contribution in [0.25, 0.3) is 0 Å². The van der Waals surface area contributed by atoms with Gasteiger partial charge < -0.3 is 4.90 Å². The Hall–Kier alpha value is -1.88. The first-order chi connectivity index (χ1) is 10.8. The highest BCUT2D eigenvalue weighted by Crippen LogP contribution is 2.37. The standard InChI is InChI=1S/C19H15IN2/c20-15-10-12-16(13-11-15)22-18-9-5-4-8-17(18)21-19(22)14-6-2-1-3-7-14/h1-13,18-19H. The molecule has 0 amide bonds. The van der Waals surface area contributed by atoms with E-state index in [9.17, 15) is 0 Å². The van der Waals surface area contributed by atoms with E-state index in [1.165, 1.54) is 14.8 Å². The Morgan fingerprint density at radius 1 is 0.909 bits per heavy atom. The second kappa shape index (κ2) is 5.72. The van der Waals surface area contributed by atoms with Crippen molar-refractivity contribution < 1.29 is 0 Å². The molecule has 3 heteroatoms. The maximum atomic E-state index is 4.96. The molecule has 0 saturated carbocycles. The molecule has 2 aliphatic rings. The van der Waals surface area contributed by atoms with Gasteiger partial charge in [-0.25, -0.2) is 0 Å². The average Bonchev–Trinajstić information content (AvgIpc) is 2.96. The molecular formula is C19H15IN2. The maximum absolute atomic E-state index is 4.96. The van der Waals surface area contributed by atoms with Crippen LogP contribution in [0.2, 0.25) is 0 Å². The zero-order chi connectivity index (χ0) is 14.9. The quantitative estimate of drug-likeness (QED) is 0.667. The highest BCUT2D eigenvalue weighted by Gasteiger charge is 2.35. The van der Waals surface area contributed by atoms with Crippen molar-refractivity contribution in [3.63, 3.8) is 0 Å². The van der Waals surface area contributed by atoms with Crippen LogP contribution in [-0.2, 0) is 0 Å². The van der Waals surface area contributed by atoms with Gasteiger partial charge >= 0.3 is 0 Å². The van der Waals surface area contributed by atoms with Gasteiger partial charge in [0, 0.05) is 9.26 Å². The first-order valence-electron chi connectivity index (χ1n) is 7.34. The summed E-state index contributed by atoms with van der Waals surface area (Å²) in [5.41, 5.74) is 3.57. The lowest BCUT2D eigenvalue weighted by molar-refractivity contribution is 0.696. The van der Waals surface area contributed by atoms with E-state index in [-0.39, 0.29) is 12.2 Å². The van der Waals surface area contributed by atoms with Gasteiger partial charge in [-0.1, -0.05) is 48.6 Å². The number of hydrogen-bond donors (Lipinski definition) is 0. The van der Waals surface area contributed by atoms with E-state index in [2.05, 4.69) is 100 Å². The number of aliphatic imine (C=N–C) groups is 1. The van der Waals surface area contributed by atoms with Crippen LogP contribution in [0.4, 0.5) is 5.69 Å². The Balaban J connectivity index is 1.80. The van der Waals surface area contributed by atoms with E-state index in [1.807, 2.05) is 6.07 Å². The predicted molar refractivity (Wildman–Crippen MR) is 100 cm³/mol. The fourth-order valence-corrected chi connectivity index (χ4v) is 3.37. The molecule has 108 valence electrons. The molecular weight excluding hydrogens is 383 g/mol. The Bertz CT molecular complexity index is 760. The summed E-state index contributed by atoms with van der Waals surface area (Å²) in [5, 5.41) is 0. The van der Waals surface area contributed by atoms with Crippen molar-refractivity contribution >= 4 is 34.0 Å². The van der Waals surface area contributed by atoms with Gasteiger partial charge in [-0.05, 0) is 58.5 Å². The molecule has 2 atom stereocenters. The smallest absolute Gasteiger partial charge is 0.148 e. The lowest BCUT2D eigenvalue weighted by Crippen LogP contribution is -2.35. The van der Waals surface area contributed by atoms with E-state index >= 15 is 0 Å². The van der Waals surface area contributed by atoms with Crippen molar-refractivity contribution in [3.05, 3.63) is 88.0 Å². The minimum absolute atomic E-state index is 0.0358. The summed E-state index contributed by atoms with van der Waals surface area (Å²) >= 11 is 2.34. The van der Waals surface area contributed by atoms with Crippen LogP contribution in [0.15, 0.2) is 83.9 Å². The van der Waals surface area contributed by atoms with Gasteiger partial charge in [0.2, 0.25) is 0 Å². The Morgan fingerprint density at radius 3 is 2.45 bits per heavy atom. The summed E-state index contributed by atoms with van der Waals surface area (Å²) < 4.78 is 1.25. The molecule has 0 bridgehead atoms. The van der Waals surface area contributed by atoms with E-state index in [0.29, 0.717) is 0 Å². The number of fused-ring (bicyclic) bond motifs is 1. The van der Waals surface area contributed by atoms with Crippen molar-refractivity contribution in [1.82, 2.24) is 0 Å². The third-order valence-corrected chi connectivity index (χ3v) is 4.75. The van der Waals surface area contributed by atoms with Crippen molar-refractivity contribution in [2.24, 2.45) is 4.99 Å². The van der Waals surface area contributed by atoms with Gasteiger partial charge in [-0.3, -0.25) is 4.99 Å². The molecule has 0 fully saturated rings. The number of allylic oxidation sites excluding steroid dienone is 2. The number of benzene rings is 2. The fraction of sp³-hybridized carbons (Fsp3) is 0.105. The molecule has 2 aromatic carbocycles. The Labute approximate surface area is 144 Å². The summed E-state index contributed by atoms with van der Waals surface area (Å²) in [5.74, 6) is 0. The van der Waals surface area contributed by atoms with Crippen molar-refractivity contribution in [2.75, 3.05) is 4.90 Å². The third kappa shape index (κ3) is 2.39. The second-order valence-electron chi connectivity index (χ2n) is 5.41. The minimum atomic E-state index is 0.0358. The summed E-state index contributed by atoms with van der Waals surface area (Å²) in [6.45, 7) is 0. The normalized spacial score (nSPS) is 22.6. The molecule has 0 spiro atoms. The van der Waals surface area contributed by atoms with E-state index in [1.54, 1.807) is 0 Å². The lowest BCUT2D eigenvalue weighted by Gasteiger charge is -2.31. The SMILES string of the molecule is Ic1ccc(N2C3C=CC=CC3=NC2c2ccccc2)cc1. The average molecular weight is 398 g/mol. The van der Waals surface area contributed by atoms with Crippen molar-refractivity contribution in [2.45, 2.75) is 12.2 Å². The molecule has 1 aliphatic heterocycles. The summed E-state index contributed by atoms with van der Waals surface area (Å²) in [4.78, 5) is 7.35. The molecule has 22 heavy (non-hydrogen) atoms. The molecule has 1 heterocycles. The van der Waals surface area contributed by atoms with Gasteiger partial charge in [0.25, 0.3) is 0 Å². The first-order valence-corrected chi connectivity index (χ1v) is 8.42. The van der Waals surface area contributed by atoms with Crippen LogP contribution in [0.1, 0.15) is 11.7 Å². The van der Waals surface area contributed by atoms with Gasteiger partial charge in [0.1, 0.15) is 6.17 Å². The van der Waals surface area contributed by atoms with Crippen LogP contribution in [0.5, 0.6) is 0 Å². The first kappa shape index (κ1) is 13.8. The maximum Gasteiger partial charge on any atom is 0.148 e. The minimum Gasteiger partial charge on any atom is -0.334 e. The largest absolute Gasteiger partial charge is 0.334 e. The summed E-state index contributed by atoms with van der Waals surface area (Å²) in [7, 11) is 0. The number of rotatable bonds is 2. The van der Waals surface area contributed by atoms with Crippen molar-refractivity contribution in [1.29, 1.82) is 0 Å². The predicted octanol–water partition coefficient (Wildman–Crippen LogP) is 4.75. The lowest BCUT2D eigenvalue weighted by atomic mass is 10.0. The summed E-state index contributed by atoms with van der Waals surface area (Å²) in [6, 6.07) is 19.4.